The number of carbonyl (C=O) groups excluding carboxylic acids is 4. The molecule has 16 heteroatoms. The normalized spacial score (nSPS) is 12.3. The molecule has 0 aliphatic carbocycles. The molecule has 0 aromatic heterocycles. The Morgan fingerprint density at radius 3 is 1.56 bits per heavy atom. The molecule has 0 rings (SSSR count). The van der Waals surface area contributed by atoms with Gasteiger partial charge in [0.05, 0.1) is 50.5 Å². The number of ether oxygens (including phenoxy) is 4. The van der Waals surface area contributed by atoms with Crippen LogP contribution in [0.2, 0.25) is 0 Å². The number of nitrogens with one attached hydrogen (secondary N) is 4. The molecule has 0 aromatic carbocycles. The molecule has 4 amide bonds. The topological polar surface area (TPSA) is 228 Å². The summed E-state index contributed by atoms with van der Waals surface area (Å²) in [5.41, 5.74) is -2.88. The van der Waals surface area contributed by atoms with Crippen LogP contribution in [-0.2, 0) is 47.7 Å². The quantitative estimate of drug-likeness (QED) is 0.0561. The van der Waals surface area contributed by atoms with Crippen LogP contribution in [0.1, 0.15) is 86.5 Å². The van der Waals surface area contributed by atoms with Crippen LogP contribution >= 0.6 is 0 Å². The van der Waals surface area contributed by atoms with Crippen LogP contribution in [0.25, 0.3) is 0 Å². The van der Waals surface area contributed by atoms with E-state index in [2.05, 4.69) is 35.1 Å². The fourth-order valence-corrected chi connectivity index (χ4v) is 4.17. The van der Waals surface area contributed by atoms with Gasteiger partial charge in [0, 0.05) is 26.1 Å². The molecule has 1 atom stereocenters. The molecule has 16 nitrogen and oxygen atoms in total. The third-order valence-electron chi connectivity index (χ3n) is 8.31. The van der Waals surface area contributed by atoms with Gasteiger partial charge in [0.2, 0.25) is 23.6 Å². The number of carboxylic acid groups (broad SMARTS) is 2. The fourth-order valence-electron chi connectivity index (χ4n) is 4.17. The number of carbonyl (C=O) groups is 6. The van der Waals surface area contributed by atoms with E-state index in [0.29, 0.717) is 13.2 Å². The lowest BCUT2D eigenvalue weighted by Gasteiger charge is -2.37. The molecule has 0 aliphatic heterocycles. The van der Waals surface area contributed by atoms with Crippen LogP contribution in [0.3, 0.4) is 0 Å². The van der Waals surface area contributed by atoms with Gasteiger partial charge < -0.3 is 50.4 Å². The molecular formula is C34H62N4O12. The van der Waals surface area contributed by atoms with Gasteiger partial charge in [-0.25, -0.2) is 4.79 Å². The van der Waals surface area contributed by atoms with Gasteiger partial charge in [0.1, 0.15) is 19.3 Å². The maximum atomic E-state index is 12.7. The van der Waals surface area contributed by atoms with E-state index in [0.717, 1.165) is 18.8 Å². The van der Waals surface area contributed by atoms with Crippen molar-refractivity contribution in [1.82, 2.24) is 21.3 Å². The van der Waals surface area contributed by atoms with Gasteiger partial charge in [-0.05, 0) is 46.5 Å². The molecule has 0 fully saturated rings. The van der Waals surface area contributed by atoms with Gasteiger partial charge in [-0.1, -0.05) is 39.5 Å². The Bertz CT molecular complexity index is 1040. The number of amides is 4. The number of unbranched alkanes of at least 4 members (excludes halogenated alkanes) is 3. The van der Waals surface area contributed by atoms with Crippen molar-refractivity contribution in [3.05, 3.63) is 0 Å². The molecule has 1 unspecified atom stereocenters. The largest absolute Gasteiger partial charge is 0.481 e. The molecule has 290 valence electrons. The van der Waals surface area contributed by atoms with Crippen molar-refractivity contribution in [2.24, 2.45) is 16.7 Å². The summed E-state index contributed by atoms with van der Waals surface area (Å²) in [5, 5.41) is 29.3. The smallest absolute Gasteiger partial charge is 0.326 e. The van der Waals surface area contributed by atoms with Gasteiger partial charge in [-0.2, -0.15) is 0 Å². The number of rotatable bonds is 31. The Labute approximate surface area is 296 Å². The highest BCUT2D eigenvalue weighted by molar-refractivity contribution is 5.92. The van der Waals surface area contributed by atoms with E-state index in [-0.39, 0.29) is 84.0 Å². The first kappa shape index (κ1) is 46.7. The second-order valence-electron chi connectivity index (χ2n) is 13.4. The first-order chi connectivity index (χ1) is 23.5. The van der Waals surface area contributed by atoms with Gasteiger partial charge in [-0.3, -0.25) is 24.0 Å². The Kier molecular flexibility index (Phi) is 24.7. The van der Waals surface area contributed by atoms with E-state index in [1.165, 1.54) is 47.0 Å². The first-order valence-electron chi connectivity index (χ1n) is 17.4. The number of hydrogen-bond acceptors (Lipinski definition) is 10. The average Bonchev–Trinajstić information content (AvgIpc) is 3.04. The van der Waals surface area contributed by atoms with E-state index < -0.39 is 40.6 Å². The zero-order valence-corrected chi connectivity index (χ0v) is 30.9. The molecule has 0 heterocycles. The van der Waals surface area contributed by atoms with E-state index >= 15 is 0 Å². The van der Waals surface area contributed by atoms with Crippen LogP contribution < -0.4 is 21.3 Å². The van der Waals surface area contributed by atoms with Crippen molar-refractivity contribution < 1.29 is 57.9 Å². The summed E-state index contributed by atoms with van der Waals surface area (Å²) in [6.07, 6.45) is 5.35. The van der Waals surface area contributed by atoms with Crippen LogP contribution in [0.5, 0.6) is 0 Å². The summed E-state index contributed by atoms with van der Waals surface area (Å²) in [7, 11) is 0. The van der Waals surface area contributed by atoms with E-state index in [1.807, 2.05) is 0 Å². The van der Waals surface area contributed by atoms with Crippen LogP contribution in [0.15, 0.2) is 0 Å². The zero-order chi connectivity index (χ0) is 38.0. The van der Waals surface area contributed by atoms with Crippen molar-refractivity contribution in [1.29, 1.82) is 0 Å². The lowest BCUT2D eigenvalue weighted by atomic mass is 9.67. The molecule has 50 heavy (non-hydrogen) atoms. The maximum Gasteiger partial charge on any atom is 0.326 e. The highest BCUT2D eigenvalue weighted by atomic mass is 16.5. The molecular weight excluding hydrogens is 656 g/mol. The highest BCUT2D eigenvalue weighted by Gasteiger charge is 2.49. The Morgan fingerprint density at radius 1 is 0.580 bits per heavy atom. The summed E-state index contributed by atoms with van der Waals surface area (Å²) in [4.78, 5) is 71.6. The molecule has 0 saturated heterocycles. The zero-order valence-electron chi connectivity index (χ0n) is 30.9. The monoisotopic (exact) mass is 718 g/mol. The minimum absolute atomic E-state index is 0.0161. The van der Waals surface area contributed by atoms with Gasteiger partial charge in [0.15, 0.2) is 0 Å². The van der Waals surface area contributed by atoms with Gasteiger partial charge in [0.25, 0.3) is 0 Å². The lowest BCUT2D eigenvalue weighted by molar-refractivity contribution is -0.160. The van der Waals surface area contributed by atoms with Crippen molar-refractivity contribution >= 4 is 35.6 Å². The Balaban J connectivity index is 3.80. The van der Waals surface area contributed by atoms with Crippen LogP contribution in [0, 0.1) is 16.7 Å². The minimum atomic E-state index is -1.46. The first-order valence-corrected chi connectivity index (χ1v) is 17.4. The summed E-state index contributed by atoms with van der Waals surface area (Å²) in [6.45, 7) is 12.3. The average molecular weight is 719 g/mol. The third kappa shape index (κ3) is 21.7. The summed E-state index contributed by atoms with van der Waals surface area (Å²) in [6, 6.07) is -1.37. The Morgan fingerprint density at radius 2 is 1.06 bits per heavy atom. The Hall–Kier alpha value is -3.34. The number of hydrogen-bond donors (Lipinski definition) is 6. The van der Waals surface area contributed by atoms with Crippen molar-refractivity contribution in [3.8, 4) is 0 Å². The van der Waals surface area contributed by atoms with Gasteiger partial charge in [-0.15, -0.1) is 0 Å². The van der Waals surface area contributed by atoms with Crippen molar-refractivity contribution in [3.63, 3.8) is 0 Å². The molecule has 0 aliphatic rings. The predicted octanol–water partition coefficient (Wildman–Crippen LogP) is 1.49. The maximum absolute atomic E-state index is 12.7. The van der Waals surface area contributed by atoms with Crippen molar-refractivity contribution in [2.45, 2.75) is 92.5 Å². The third-order valence-corrected chi connectivity index (χ3v) is 8.31. The number of aliphatic carboxylic acids is 2. The fraction of sp³-hybridized carbons (Fsp3) is 0.824. The van der Waals surface area contributed by atoms with E-state index in [9.17, 15) is 39.0 Å². The molecule has 0 spiro atoms. The summed E-state index contributed by atoms with van der Waals surface area (Å²) < 4.78 is 21.3. The SMILES string of the molecule is CC(C)CCCCCCNC(=O)COCCOCCNC(=O)COCCOCCNC(=O)CCC(NC(=O)C(C)(C)C(C)(C)C(=O)O)C(=O)O. The summed E-state index contributed by atoms with van der Waals surface area (Å²) >= 11 is 0. The highest BCUT2D eigenvalue weighted by Crippen LogP contribution is 2.39. The molecule has 6 N–H and O–H groups in total. The van der Waals surface area contributed by atoms with E-state index in [4.69, 9.17) is 18.9 Å². The second-order valence-corrected chi connectivity index (χ2v) is 13.4. The molecule has 0 radical (unpaired) electrons. The summed E-state index contributed by atoms with van der Waals surface area (Å²) in [5.74, 6) is -3.47. The molecule has 0 aromatic rings. The van der Waals surface area contributed by atoms with Crippen LogP contribution in [-0.4, -0.2) is 124 Å². The molecule has 0 bridgehead atoms. The lowest BCUT2D eigenvalue weighted by Crippen LogP contribution is -2.54. The second kappa shape index (κ2) is 26.5. The number of carboxylic acids is 2. The molecule has 0 saturated carbocycles. The van der Waals surface area contributed by atoms with E-state index in [1.54, 1.807) is 0 Å². The standard InChI is InChI=1S/C34H62N4O12/c1-25(2)11-9-7-8-10-14-35-28(40)23-49-21-20-48-18-16-37-29(41)24-50-22-19-47-17-15-36-27(39)13-12-26(30(42)43)38-31(44)33(3,4)34(5,6)32(45)46/h25-26H,7-24H2,1-6H3,(H,35,40)(H,36,39)(H,37,41)(H,38,44)(H,42,43)(H,45,46). The van der Waals surface area contributed by atoms with Gasteiger partial charge >= 0.3 is 11.9 Å². The van der Waals surface area contributed by atoms with Crippen LogP contribution in [0.4, 0.5) is 0 Å². The van der Waals surface area contributed by atoms with Crippen molar-refractivity contribution in [2.75, 3.05) is 72.5 Å². The minimum Gasteiger partial charge on any atom is -0.481 e. The predicted molar refractivity (Wildman–Crippen MR) is 184 cm³/mol.